The quantitative estimate of drug-likeness (QED) is 0.766. The summed E-state index contributed by atoms with van der Waals surface area (Å²) in [6, 6.07) is 1.83. The number of nitrogen functional groups attached to an aromatic ring is 1. The minimum absolute atomic E-state index is 0.0489. The first-order valence-electron chi connectivity index (χ1n) is 5.26. The van der Waals surface area contributed by atoms with Crippen molar-refractivity contribution in [1.82, 2.24) is 9.78 Å². The first-order valence-corrected chi connectivity index (χ1v) is 5.26. The lowest BCUT2D eigenvalue weighted by molar-refractivity contribution is 0.104. The highest BCUT2D eigenvalue weighted by Crippen LogP contribution is 2.31. The van der Waals surface area contributed by atoms with E-state index in [-0.39, 0.29) is 12.7 Å². The summed E-state index contributed by atoms with van der Waals surface area (Å²) in [5.74, 6) is 1.17. The molecule has 1 saturated heterocycles. The molecule has 1 aromatic heterocycles. The standard InChI is InChI=1S/C10H17N3O2/c1-7-4-9(15-6-7)8-5-10(11)13(12-8)2-3-14/h5,7,9,14H,2-4,6,11H2,1H3. The molecule has 1 aliphatic rings. The Kier molecular flexibility index (Phi) is 2.93. The first kappa shape index (κ1) is 10.4. The molecule has 0 spiro atoms. The Bertz CT molecular complexity index is 337. The van der Waals surface area contributed by atoms with Crippen molar-refractivity contribution in [2.45, 2.75) is 26.0 Å². The molecule has 0 amide bonds. The number of hydrogen-bond donors (Lipinski definition) is 2. The smallest absolute Gasteiger partial charge is 0.122 e. The number of aromatic nitrogens is 2. The van der Waals surface area contributed by atoms with Gasteiger partial charge < -0.3 is 15.6 Å². The van der Waals surface area contributed by atoms with Gasteiger partial charge in [0.15, 0.2) is 0 Å². The lowest BCUT2D eigenvalue weighted by Crippen LogP contribution is -2.08. The van der Waals surface area contributed by atoms with Crippen LogP contribution < -0.4 is 5.73 Å². The van der Waals surface area contributed by atoms with Crippen molar-refractivity contribution in [3.05, 3.63) is 11.8 Å². The number of hydrogen-bond acceptors (Lipinski definition) is 4. The van der Waals surface area contributed by atoms with E-state index in [9.17, 15) is 0 Å². The third kappa shape index (κ3) is 2.13. The van der Waals surface area contributed by atoms with E-state index in [2.05, 4.69) is 12.0 Å². The predicted molar refractivity (Wildman–Crippen MR) is 56.2 cm³/mol. The molecule has 1 aromatic rings. The highest BCUT2D eigenvalue weighted by molar-refractivity contribution is 5.32. The Hall–Kier alpha value is -1.07. The van der Waals surface area contributed by atoms with E-state index in [1.807, 2.05) is 6.07 Å². The fourth-order valence-electron chi connectivity index (χ4n) is 1.87. The van der Waals surface area contributed by atoms with E-state index >= 15 is 0 Å². The Morgan fingerprint density at radius 1 is 1.73 bits per heavy atom. The zero-order valence-electron chi connectivity index (χ0n) is 8.89. The number of aliphatic hydroxyl groups is 1. The molecule has 0 radical (unpaired) electrons. The van der Waals surface area contributed by atoms with Gasteiger partial charge in [0.1, 0.15) is 11.9 Å². The molecule has 2 heterocycles. The van der Waals surface area contributed by atoms with Crippen molar-refractivity contribution in [3.8, 4) is 0 Å². The molecule has 0 saturated carbocycles. The molecule has 3 N–H and O–H groups in total. The van der Waals surface area contributed by atoms with Crippen LogP contribution in [0.15, 0.2) is 6.07 Å². The van der Waals surface area contributed by atoms with Crippen LogP contribution in [-0.2, 0) is 11.3 Å². The number of ether oxygens (including phenoxy) is 1. The molecular formula is C10H17N3O2. The zero-order valence-corrected chi connectivity index (χ0v) is 8.89. The minimum Gasteiger partial charge on any atom is -0.394 e. The average Bonchev–Trinajstić information content (AvgIpc) is 2.75. The molecule has 84 valence electrons. The number of aliphatic hydroxyl groups excluding tert-OH is 1. The molecular weight excluding hydrogens is 194 g/mol. The Labute approximate surface area is 88.8 Å². The lowest BCUT2D eigenvalue weighted by Gasteiger charge is -2.04. The summed E-state index contributed by atoms with van der Waals surface area (Å²) >= 11 is 0. The summed E-state index contributed by atoms with van der Waals surface area (Å²) in [5.41, 5.74) is 6.64. The third-order valence-electron chi connectivity index (χ3n) is 2.67. The molecule has 5 heteroatoms. The van der Waals surface area contributed by atoms with Gasteiger partial charge in [-0.2, -0.15) is 5.10 Å². The van der Waals surface area contributed by atoms with Crippen LogP contribution in [0.2, 0.25) is 0 Å². The number of nitrogens with zero attached hydrogens (tertiary/aromatic N) is 2. The van der Waals surface area contributed by atoms with Crippen LogP contribution in [0, 0.1) is 5.92 Å². The molecule has 1 fully saturated rings. The monoisotopic (exact) mass is 211 g/mol. The third-order valence-corrected chi connectivity index (χ3v) is 2.67. The van der Waals surface area contributed by atoms with Crippen LogP contribution in [0.25, 0.3) is 0 Å². The predicted octanol–water partition coefficient (Wildman–Crippen LogP) is 0.555. The fraction of sp³-hybridized carbons (Fsp3) is 0.700. The van der Waals surface area contributed by atoms with E-state index in [0.29, 0.717) is 18.3 Å². The minimum atomic E-state index is 0.0489. The zero-order chi connectivity index (χ0) is 10.8. The van der Waals surface area contributed by atoms with Crippen LogP contribution in [0.1, 0.15) is 25.1 Å². The summed E-state index contributed by atoms with van der Waals surface area (Å²) < 4.78 is 7.22. The number of nitrogens with two attached hydrogens (primary N) is 1. The molecule has 2 atom stereocenters. The van der Waals surface area contributed by atoms with E-state index in [1.165, 1.54) is 0 Å². The highest BCUT2D eigenvalue weighted by atomic mass is 16.5. The van der Waals surface area contributed by atoms with E-state index < -0.39 is 0 Å². The van der Waals surface area contributed by atoms with Gasteiger partial charge in [0.05, 0.1) is 25.5 Å². The van der Waals surface area contributed by atoms with Gasteiger partial charge in [-0.3, -0.25) is 0 Å². The molecule has 1 aliphatic heterocycles. The fourth-order valence-corrected chi connectivity index (χ4v) is 1.87. The van der Waals surface area contributed by atoms with Crippen molar-refractivity contribution in [3.63, 3.8) is 0 Å². The Morgan fingerprint density at radius 2 is 2.53 bits per heavy atom. The second kappa shape index (κ2) is 4.20. The van der Waals surface area contributed by atoms with Gasteiger partial charge in [-0.15, -0.1) is 0 Å². The van der Waals surface area contributed by atoms with E-state index in [1.54, 1.807) is 4.68 Å². The summed E-state index contributed by atoms with van der Waals surface area (Å²) in [6.45, 7) is 3.44. The van der Waals surface area contributed by atoms with Gasteiger partial charge in [-0.25, -0.2) is 4.68 Å². The molecule has 0 bridgehead atoms. The molecule has 2 unspecified atom stereocenters. The van der Waals surface area contributed by atoms with Crippen molar-refractivity contribution in [2.24, 2.45) is 5.92 Å². The van der Waals surface area contributed by atoms with Gasteiger partial charge in [0.25, 0.3) is 0 Å². The van der Waals surface area contributed by atoms with Crippen molar-refractivity contribution in [2.75, 3.05) is 18.9 Å². The highest BCUT2D eigenvalue weighted by Gasteiger charge is 2.26. The topological polar surface area (TPSA) is 73.3 Å². The summed E-state index contributed by atoms with van der Waals surface area (Å²) in [4.78, 5) is 0. The largest absolute Gasteiger partial charge is 0.394 e. The second-order valence-corrected chi connectivity index (χ2v) is 4.10. The normalized spacial score (nSPS) is 26.0. The lowest BCUT2D eigenvalue weighted by atomic mass is 10.1. The van der Waals surface area contributed by atoms with E-state index in [0.717, 1.165) is 18.7 Å². The molecule has 0 aliphatic carbocycles. The average molecular weight is 211 g/mol. The molecule has 0 aromatic carbocycles. The first-order chi connectivity index (χ1) is 7.20. The summed E-state index contributed by atoms with van der Waals surface area (Å²) in [5, 5.41) is 13.1. The maximum absolute atomic E-state index is 8.81. The number of rotatable bonds is 3. The maximum atomic E-state index is 8.81. The summed E-state index contributed by atoms with van der Waals surface area (Å²) in [6.07, 6.45) is 1.07. The second-order valence-electron chi connectivity index (χ2n) is 4.10. The SMILES string of the molecule is CC1COC(c2cc(N)n(CCO)n2)C1. The van der Waals surface area contributed by atoms with Crippen LogP contribution in [0.3, 0.4) is 0 Å². The summed E-state index contributed by atoms with van der Waals surface area (Å²) in [7, 11) is 0. The van der Waals surface area contributed by atoms with E-state index in [4.69, 9.17) is 15.6 Å². The molecule has 2 rings (SSSR count). The van der Waals surface area contributed by atoms with Gasteiger partial charge >= 0.3 is 0 Å². The van der Waals surface area contributed by atoms with Gasteiger partial charge in [-0.05, 0) is 12.3 Å². The van der Waals surface area contributed by atoms with Crippen LogP contribution in [0.5, 0.6) is 0 Å². The van der Waals surface area contributed by atoms with Crippen LogP contribution in [0.4, 0.5) is 5.82 Å². The van der Waals surface area contributed by atoms with Crippen molar-refractivity contribution in [1.29, 1.82) is 0 Å². The van der Waals surface area contributed by atoms with Gasteiger partial charge in [0.2, 0.25) is 0 Å². The van der Waals surface area contributed by atoms with Gasteiger partial charge in [-0.1, -0.05) is 6.92 Å². The number of anilines is 1. The van der Waals surface area contributed by atoms with Crippen molar-refractivity contribution >= 4 is 5.82 Å². The maximum Gasteiger partial charge on any atom is 0.122 e. The van der Waals surface area contributed by atoms with Crippen LogP contribution >= 0.6 is 0 Å². The van der Waals surface area contributed by atoms with Crippen molar-refractivity contribution < 1.29 is 9.84 Å². The Balaban J connectivity index is 2.12. The Morgan fingerprint density at radius 3 is 3.13 bits per heavy atom. The molecule has 15 heavy (non-hydrogen) atoms. The van der Waals surface area contributed by atoms with Crippen LogP contribution in [-0.4, -0.2) is 28.1 Å². The molecule has 5 nitrogen and oxygen atoms in total. The van der Waals surface area contributed by atoms with Gasteiger partial charge in [0, 0.05) is 6.07 Å².